The first-order valence-electron chi connectivity index (χ1n) is 8.45. The van der Waals surface area contributed by atoms with E-state index < -0.39 is 12.0 Å². The van der Waals surface area contributed by atoms with Crippen LogP contribution in [0, 0.1) is 5.92 Å². The third-order valence-corrected chi connectivity index (χ3v) is 4.34. The highest BCUT2D eigenvalue weighted by Gasteiger charge is 2.38. The van der Waals surface area contributed by atoms with Crippen LogP contribution >= 0.6 is 0 Å². The maximum absolute atomic E-state index is 13.0. The molecule has 1 unspecified atom stereocenters. The number of hydrogen-bond donors (Lipinski definition) is 0. The second-order valence-electron chi connectivity index (χ2n) is 6.28. The minimum atomic E-state index is -4.61. The van der Waals surface area contributed by atoms with Gasteiger partial charge in [0, 0.05) is 31.4 Å². The molecule has 4 heterocycles. The molecule has 1 aliphatic rings. The average Bonchev–Trinajstić information content (AvgIpc) is 3.11. The second kappa shape index (κ2) is 6.97. The van der Waals surface area contributed by atoms with Crippen LogP contribution in [0.1, 0.15) is 18.7 Å². The lowest BCUT2D eigenvalue weighted by Crippen LogP contribution is -2.38. The van der Waals surface area contributed by atoms with Gasteiger partial charge in [-0.2, -0.15) is 17.7 Å². The van der Waals surface area contributed by atoms with Crippen molar-refractivity contribution in [2.75, 3.05) is 24.6 Å². The number of rotatable bonds is 4. The van der Waals surface area contributed by atoms with E-state index in [0.29, 0.717) is 31.5 Å². The zero-order chi connectivity index (χ0) is 18.9. The molecule has 0 amide bonds. The summed E-state index contributed by atoms with van der Waals surface area (Å²) in [7, 11) is 0. The van der Waals surface area contributed by atoms with Crippen LogP contribution in [0.25, 0.3) is 5.65 Å². The van der Waals surface area contributed by atoms with Crippen molar-refractivity contribution in [3.63, 3.8) is 0 Å². The van der Waals surface area contributed by atoms with E-state index in [4.69, 9.17) is 4.74 Å². The summed E-state index contributed by atoms with van der Waals surface area (Å²) in [5, 5.41) is 10.8. The molecule has 11 heteroatoms. The highest BCUT2D eigenvalue weighted by atomic mass is 19.4. The summed E-state index contributed by atoms with van der Waals surface area (Å²) in [6.07, 6.45) is 0.431. The molecule has 1 saturated heterocycles. The molecule has 4 rings (SSSR count). The fraction of sp³-hybridized carbons (Fsp3) is 0.438. The number of piperidine rings is 1. The molecule has 3 aromatic rings. The zero-order valence-electron chi connectivity index (χ0n) is 14.2. The molecule has 1 fully saturated rings. The number of ether oxygens (including phenoxy) is 1. The molecule has 0 radical (unpaired) electrons. The number of hydrogen-bond acceptors (Lipinski definition) is 7. The number of aromatic nitrogens is 6. The Morgan fingerprint density at radius 3 is 2.74 bits per heavy atom. The molecule has 27 heavy (non-hydrogen) atoms. The second-order valence-corrected chi connectivity index (χ2v) is 6.28. The summed E-state index contributed by atoms with van der Waals surface area (Å²) >= 11 is 0. The fourth-order valence-corrected chi connectivity index (χ4v) is 3.09. The monoisotopic (exact) mass is 379 g/mol. The van der Waals surface area contributed by atoms with E-state index in [1.165, 1.54) is 6.07 Å². The molecule has 142 valence electrons. The molecule has 8 nitrogen and oxygen atoms in total. The number of alkyl halides is 3. The van der Waals surface area contributed by atoms with E-state index in [1.54, 1.807) is 24.5 Å². The van der Waals surface area contributed by atoms with Gasteiger partial charge in [0.15, 0.2) is 5.65 Å². The van der Waals surface area contributed by atoms with Crippen LogP contribution in [-0.4, -0.2) is 49.5 Å². The molecule has 1 aliphatic heterocycles. The lowest BCUT2D eigenvalue weighted by Gasteiger charge is -2.33. The van der Waals surface area contributed by atoms with Gasteiger partial charge in [0.25, 0.3) is 5.82 Å². The highest BCUT2D eigenvalue weighted by molar-refractivity contribution is 5.46. The third-order valence-electron chi connectivity index (χ3n) is 4.34. The quantitative estimate of drug-likeness (QED) is 0.688. The lowest BCUT2D eigenvalue weighted by atomic mass is 9.99. The Balaban J connectivity index is 1.49. The van der Waals surface area contributed by atoms with Gasteiger partial charge in [-0.1, -0.05) is 0 Å². The maximum atomic E-state index is 13.0. The minimum Gasteiger partial charge on any atom is -0.463 e. The van der Waals surface area contributed by atoms with Gasteiger partial charge in [-0.15, -0.1) is 15.3 Å². The minimum absolute atomic E-state index is 0.0594. The van der Waals surface area contributed by atoms with Crippen LogP contribution in [0.4, 0.5) is 19.0 Å². The molecule has 0 aliphatic carbocycles. The summed E-state index contributed by atoms with van der Waals surface area (Å²) in [5.74, 6) is -0.478. The van der Waals surface area contributed by atoms with Crippen molar-refractivity contribution in [3.05, 3.63) is 36.4 Å². The first-order chi connectivity index (χ1) is 13.0. The smallest absolute Gasteiger partial charge is 0.453 e. The van der Waals surface area contributed by atoms with Crippen LogP contribution in [0.2, 0.25) is 0 Å². The van der Waals surface area contributed by atoms with E-state index >= 15 is 0 Å². The molecule has 0 spiro atoms. The fourth-order valence-electron chi connectivity index (χ4n) is 3.09. The summed E-state index contributed by atoms with van der Waals surface area (Å²) in [5.41, 5.74) is 0.0594. The topological polar surface area (TPSA) is 81.3 Å². The SMILES string of the molecule is FC(F)(F)c1nnc2ccc(N3CCCC(COc4ncccn4)C3)nn12. The average molecular weight is 379 g/mol. The third kappa shape index (κ3) is 3.76. The predicted molar refractivity (Wildman–Crippen MR) is 88.2 cm³/mol. The Morgan fingerprint density at radius 1 is 1.15 bits per heavy atom. The summed E-state index contributed by atoms with van der Waals surface area (Å²) in [4.78, 5) is 9.98. The summed E-state index contributed by atoms with van der Waals surface area (Å²) in [6.45, 7) is 1.76. The van der Waals surface area contributed by atoms with E-state index in [9.17, 15) is 13.2 Å². The number of fused-ring (bicyclic) bond motifs is 1. The molecular weight excluding hydrogens is 363 g/mol. The van der Waals surface area contributed by atoms with Gasteiger partial charge in [0.05, 0.1) is 6.61 Å². The molecule has 0 saturated carbocycles. The van der Waals surface area contributed by atoms with Crippen molar-refractivity contribution in [2.24, 2.45) is 5.92 Å². The van der Waals surface area contributed by atoms with Gasteiger partial charge >= 0.3 is 12.2 Å². The van der Waals surface area contributed by atoms with Gasteiger partial charge in [-0.3, -0.25) is 0 Å². The molecule has 3 aromatic heterocycles. The summed E-state index contributed by atoms with van der Waals surface area (Å²) < 4.78 is 45.5. The Bertz CT molecular complexity index is 915. The van der Waals surface area contributed by atoms with E-state index in [1.807, 2.05) is 4.90 Å². The first kappa shape index (κ1) is 17.4. The van der Waals surface area contributed by atoms with Gasteiger partial charge in [0.1, 0.15) is 5.82 Å². The van der Waals surface area contributed by atoms with E-state index in [0.717, 1.165) is 17.4 Å². The van der Waals surface area contributed by atoms with E-state index in [-0.39, 0.29) is 11.6 Å². The van der Waals surface area contributed by atoms with Crippen molar-refractivity contribution < 1.29 is 17.9 Å². The molecule has 0 bridgehead atoms. The van der Waals surface area contributed by atoms with Gasteiger partial charge in [0.2, 0.25) is 0 Å². The summed E-state index contributed by atoms with van der Waals surface area (Å²) in [6, 6.07) is 5.17. The first-order valence-corrected chi connectivity index (χ1v) is 8.45. The molecular formula is C16H16F3N7O. The molecule has 0 N–H and O–H groups in total. The number of nitrogens with zero attached hydrogens (tertiary/aromatic N) is 7. The van der Waals surface area contributed by atoms with Gasteiger partial charge in [-0.05, 0) is 31.0 Å². The number of halogens is 3. The van der Waals surface area contributed by atoms with Crippen LogP contribution in [-0.2, 0) is 6.18 Å². The largest absolute Gasteiger partial charge is 0.463 e. The Labute approximate surface area is 152 Å². The number of anilines is 1. The zero-order valence-corrected chi connectivity index (χ0v) is 14.2. The normalized spacial score (nSPS) is 18.0. The molecule has 0 aromatic carbocycles. The van der Waals surface area contributed by atoms with Crippen molar-refractivity contribution in [2.45, 2.75) is 19.0 Å². The maximum Gasteiger partial charge on any atom is 0.453 e. The molecule has 1 atom stereocenters. The van der Waals surface area contributed by atoms with Crippen molar-refractivity contribution in [1.82, 2.24) is 29.8 Å². The Morgan fingerprint density at radius 2 is 1.96 bits per heavy atom. The van der Waals surface area contributed by atoms with Crippen LogP contribution < -0.4 is 9.64 Å². The standard InChI is InChI=1S/C16H16F3N7O/c17-16(18,19)14-23-22-12-4-5-13(24-26(12)14)25-8-1-3-11(9-25)10-27-15-20-6-2-7-21-15/h2,4-7,11H,1,3,8-10H2. The Kier molecular flexibility index (Phi) is 4.50. The van der Waals surface area contributed by atoms with Gasteiger partial charge < -0.3 is 9.64 Å². The van der Waals surface area contributed by atoms with Crippen molar-refractivity contribution in [1.29, 1.82) is 0 Å². The van der Waals surface area contributed by atoms with Crippen molar-refractivity contribution >= 4 is 11.5 Å². The van der Waals surface area contributed by atoms with E-state index in [2.05, 4.69) is 25.3 Å². The highest BCUT2D eigenvalue weighted by Crippen LogP contribution is 2.28. The van der Waals surface area contributed by atoms with Gasteiger partial charge in [-0.25, -0.2) is 9.97 Å². The van der Waals surface area contributed by atoms with Crippen LogP contribution in [0.15, 0.2) is 30.6 Å². The predicted octanol–water partition coefficient (Wildman–Crippen LogP) is 2.23. The van der Waals surface area contributed by atoms with Crippen LogP contribution in [0.5, 0.6) is 6.01 Å². The lowest BCUT2D eigenvalue weighted by molar-refractivity contribution is -0.146. The van der Waals surface area contributed by atoms with Crippen LogP contribution in [0.3, 0.4) is 0 Å². The van der Waals surface area contributed by atoms with Crippen molar-refractivity contribution in [3.8, 4) is 6.01 Å². The Hall–Kier alpha value is -2.98.